The molecule has 17 heteroatoms. The predicted octanol–water partition coefficient (Wildman–Crippen LogP) is 4.69. The number of hydrogen-bond donors (Lipinski definition) is 2. The summed E-state index contributed by atoms with van der Waals surface area (Å²) in [6.07, 6.45) is -4.62. The number of alkyl halides is 6. The van der Waals surface area contributed by atoms with E-state index in [4.69, 9.17) is 24.5 Å². The zero-order chi connectivity index (χ0) is 30.2. The molecule has 2 N–H and O–H groups in total. The Hall–Kier alpha value is -4.09. The number of rotatable bonds is 4. The lowest BCUT2D eigenvalue weighted by Crippen LogP contribution is -2.37. The minimum Gasteiger partial charge on any atom is -0.475 e. The molecule has 4 aromatic heterocycles. The van der Waals surface area contributed by atoms with Gasteiger partial charge in [0.2, 0.25) is 0 Å². The molecule has 1 saturated heterocycles. The van der Waals surface area contributed by atoms with Crippen LogP contribution in [0.5, 0.6) is 0 Å². The minimum absolute atomic E-state index is 0.0528. The Morgan fingerprint density at radius 2 is 1.61 bits per heavy atom. The molecule has 220 valence electrons. The molecule has 0 aliphatic carbocycles. The van der Waals surface area contributed by atoms with Crippen molar-refractivity contribution in [2.24, 2.45) is 0 Å². The van der Waals surface area contributed by atoms with Gasteiger partial charge >= 0.3 is 24.3 Å². The average molecular weight is 606 g/mol. The van der Waals surface area contributed by atoms with Gasteiger partial charge in [-0.3, -0.25) is 9.88 Å². The Morgan fingerprint density at radius 1 is 0.976 bits per heavy atom. The fourth-order valence-corrected chi connectivity index (χ4v) is 4.24. The Kier molecular flexibility index (Phi) is 10.4. The second kappa shape index (κ2) is 13.5. The Morgan fingerprint density at radius 3 is 2.17 bits per heavy atom. The van der Waals surface area contributed by atoms with Gasteiger partial charge in [-0.25, -0.2) is 14.1 Å². The Balaban J connectivity index is 0.000000276. The van der Waals surface area contributed by atoms with E-state index in [1.54, 1.807) is 23.7 Å². The maximum Gasteiger partial charge on any atom is 0.490 e. The lowest BCUT2D eigenvalue weighted by molar-refractivity contribution is -0.193. The maximum absolute atomic E-state index is 10.6. The number of ether oxygens (including phenoxy) is 1. The van der Waals surface area contributed by atoms with Gasteiger partial charge in [-0.05, 0) is 35.2 Å². The summed E-state index contributed by atoms with van der Waals surface area (Å²) >= 11 is 1.80. The standard InChI is InChI=1S/C20H19N5OS.2C2HF3O2/c1-2-17(27-11-1)13-24-9-10-26-19(14-24)20-18-4-3-16(12-25(18)23-22-20)15-5-7-21-8-6-15;2*3-2(4,5)1(6)7/h1-8,11-12,19H,9-10,13-14H2;2*(H,6,7). The summed E-state index contributed by atoms with van der Waals surface area (Å²) in [4.78, 5) is 25.7. The molecule has 0 radical (unpaired) electrons. The number of aromatic nitrogens is 4. The molecule has 5 rings (SSSR count). The van der Waals surface area contributed by atoms with E-state index in [0.717, 1.165) is 42.0 Å². The van der Waals surface area contributed by atoms with Crippen molar-refractivity contribution in [1.82, 2.24) is 24.7 Å². The highest BCUT2D eigenvalue weighted by Gasteiger charge is 2.38. The van der Waals surface area contributed by atoms with Crippen molar-refractivity contribution >= 4 is 28.8 Å². The topological polar surface area (TPSA) is 130 Å². The second-order valence-corrected chi connectivity index (χ2v) is 9.27. The van der Waals surface area contributed by atoms with Gasteiger partial charge in [0.1, 0.15) is 11.8 Å². The molecule has 4 aromatic rings. The smallest absolute Gasteiger partial charge is 0.475 e. The van der Waals surface area contributed by atoms with Gasteiger partial charge in [-0.2, -0.15) is 26.3 Å². The van der Waals surface area contributed by atoms with Crippen molar-refractivity contribution in [3.63, 3.8) is 0 Å². The molecule has 0 amide bonds. The monoisotopic (exact) mass is 605 g/mol. The molecular formula is C24H21F6N5O5S. The number of pyridine rings is 2. The van der Waals surface area contributed by atoms with E-state index < -0.39 is 24.3 Å². The van der Waals surface area contributed by atoms with Crippen molar-refractivity contribution in [3.05, 3.63) is 70.9 Å². The van der Waals surface area contributed by atoms with Crippen LogP contribution in [0.2, 0.25) is 0 Å². The molecule has 1 fully saturated rings. The van der Waals surface area contributed by atoms with Crippen LogP contribution in [0.3, 0.4) is 0 Å². The van der Waals surface area contributed by atoms with Crippen molar-refractivity contribution in [1.29, 1.82) is 0 Å². The van der Waals surface area contributed by atoms with E-state index in [1.807, 2.05) is 22.8 Å². The van der Waals surface area contributed by atoms with E-state index in [-0.39, 0.29) is 6.10 Å². The Bertz CT molecular complexity index is 1410. The van der Waals surface area contributed by atoms with Gasteiger partial charge in [-0.1, -0.05) is 17.3 Å². The molecule has 10 nitrogen and oxygen atoms in total. The number of nitrogens with zero attached hydrogens (tertiary/aromatic N) is 5. The molecule has 1 atom stereocenters. The third-order valence-corrected chi connectivity index (χ3v) is 6.22. The number of halogens is 6. The summed E-state index contributed by atoms with van der Waals surface area (Å²) in [6, 6.07) is 12.4. The number of fused-ring (bicyclic) bond motifs is 1. The number of aliphatic carboxylic acids is 2. The van der Waals surface area contributed by atoms with E-state index in [2.05, 4.69) is 49.8 Å². The summed E-state index contributed by atoms with van der Waals surface area (Å²) in [5, 5.41) is 25.1. The van der Waals surface area contributed by atoms with E-state index in [0.29, 0.717) is 6.61 Å². The zero-order valence-corrected chi connectivity index (χ0v) is 21.5. The first kappa shape index (κ1) is 31.4. The molecule has 1 aliphatic heterocycles. The summed E-state index contributed by atoms with van der Waals surface area (Å²) < 4.78 is 71.3. The van der Waals surface area contributed by atoms with Crippen molar-refractivity contribution in [3.8, 4) is 11.1 Å². The number of hydrogen-bond acceptors (Lipinski definition) is 8. The van der Waals surface area contributed by atoms with Crippen LogP contribution in [-0.4, -0.2) is 78.9 Å². The molecule has 0 spiro atoms. The largest absolute Gasteiger partial charge is 0.490 e. The third-order valence-electron chi connectivity index (χ3n) is 5.35. The van der Waals surface area contributed by atoms with Crippen molar-refractivity contribution in [2.75, 3.05) is 19.7 Å². The zero-order valence-electron chi connectivity index (χ0n) is 20.7. The predicted molar refractivity (Wildman–Crippen MR) is 132 cm³/mol. The first-order valence-corrected chi connectivity index (χ1v) is 12.4. The molecule has 5 heterocycles. The molecular weight excluding hydrogens is 584 g/mol. The van der Waals surface area contributed by atoms with E-state index in [9.17, 15) is 26.3 Å². The lowest BCUT2D eigenvalue weighted by Gasteiger charge is -2.31. The molecule has 41 heavy (non-hydrogen) atoms. The number of carbonyl (C=O) groups is 2. The SMILES string of the molecule is O=C(O)C(F)(F)F.O=C(O)C(F)(F)F.c1csc(CN2CCOC(c3nnn4cc(-c5ccncc5)ccc34)C2)c1. The summed E-state index contributed by atoms with van der Waals surface area (Å²) in [7, 11) is 0. The highest BCUT2D eigenvalue weighted by atomic mass is 32.1. The highest BCUT2D eigenvalue weighted by Crippen LogP contribution is 2.27. The molecule has 1 aliphatic rings. The van der Waals surface area contributed by atoms with Crippen LogP contribution >= 0.6 is 11.3 Å². The fraction of sp³-hybridized carbons (Fsp3) is 0.292. The van der Waals surface area contributed by atoms with Crippen LogP contribution in [0.15, 0.2) is 60.4 Å². The fourth-order valence-electron chi connectivity index (χ4n) is 3.49. The highest BCUT2D eigenvalue weighted by molar-refractivity contribution is 7.09. The quantitative estimate of drug-likeness (QED) is 0.318. The van der Waals surface area contributed by atoms with Crippen LogP contribution < -0.4 is 0 Å². The molecule has 1 unspecified atom stereocenters. The number of thiophene rings is 1. The van der Waals surface area contributed by atoms with Crippen molar-refractivity contribution < 1.29 is 50.9 Å². The summed E-state index contributed by atoms with van der Waals surface area (Å²) in [5.74, 6) is -5.51. The minimum atomic E-state index is -5.08. The van der Waals surface area contributed by atoms with Crippen LogP contribution in [-0.2, 0) is 20.9 Å². The number of carboxylic acid groups (broad SMARTS) is 2. The van der Waals surface area contributed by atoms with Gasteiger partial charge in [0, 0.05) is 48.7 Å². The number of morpholine rings is 1. The van der Waals surface area contributed by atoms with Crippen LogP contribution in [0.1, 0.15) is 16.7 Å². The first-order chi connectivity index (χ1) is 19.3. The number of carboxylic acids is 2. The van der Waals surface area contributed by atoms with Gasteiger partial charge < -0.3 is 14.9 Å². The lowest BCUT2D eigenvalue weighted by atomic mass is 10.1. The normalized spacial score (nSPS) is 15.8. The van der Waals surface area contributed by atoms with Gasteiger partial charge in [-0.15, -0.1) is 16.4 Å². The summed E-state index contributed by atoms with van der Waals surface area (Å²) in [6.45, 7) is 3.45. The van der Waals surface area contributed by atoms with Crippen LogP contribution in [0.4, 0.5) is 26.3 Å². The first-order valence-electron chi connectivity index (χ1n) is 11.5. The van der Waals surface area contributed by atoms with E-state index in [1.165, 1.54) is 4.88 Å². The molecule has 0 bridgehead atoms. The average Bonchev–Trinajstić information content (AvgIpc) is 3.58. The third kappa shape index (κ3) is 9.22. The maximum atomic E-state index is 10.6. The summed E-state index contributed by atoms with van der Waals surface area (Å²) in [5.41, 5.74) is 4.10. The van der Waals surface area contributed by atoms with Gasteiger partial charge in [0.15, 0.2) is 0 Å². The van der Waals surface area contributed by atoms with Crippen molar-refractivity contribution in [2.45, 2.75) is 25.0 Å². The van der Waals surface area contributed by atoms with Gasteiger partial charge in [0.25, 0.3) is 0 Å². The second-order valence-electron chi connectivity index (χ2n) is 8.24. The molecule has 0 aromatic carbocycles. The van der Waals surface area contributed by atoms with E-state index >= 15 is 0 Å². The van der Waals surface area contributed by atoms with Crippen LogP contribution in [0.25, 0.3) is 16.6 Å². The van der Waals surface area contributed by atoms with Crippen LogP contribution in [0, 0.1) is 0 Å². The Labute approximate surface area is 231 Å². The molecule has 0 saturated carbocycles. The van der Waals surface area contributed by atoms with Gasteiger partial charge in [0.05, 0.1) is 12.1 Å².